The summed E-state index contributed by atoms with van der Waals surface area (Å²) in [4.78, 5) is 12.8. The minimum absolute atomic E-state index is 0.179. The minimum atomic E-state index is -0.179. The number of nitrogens with zero attached hydrogens (tertiary/aromatic N) is 2. The summed E-state index contributed by atoms with van der Waals surface area (Å²) < 4.78 is 1.85. The highest BCUT2D eigenvalue weighted by Crippen LogP contribution is 2.26. The van der Waals surface area contributed by atoms with Crippen molar-refractivity contribution in [3.05, 3.63) is 58.2 Å². The van der Waals surface area contributed by atoms with Crippen LogP contribution in [-0.4, -0.2) is 15.7 Å². The summed E-state index contributed by atoms with van der Waals surface area (Å²) in [7, 11) is 0. The third-order valence-electron chi connectivity index (χ3n) is 4.48. The fourth-order valence-electron chi connectivity index (χ4n) is 3.13. The van der Waals surface area contributed by atoms with Crippen LogP contribution in [0.3, 0.4) is 0 Å². The van der Waals surface area contributed by atoms with Crippen LogP contribution in [0.4, 0.5) is 5.69 Å². The fraction of sp³-hybridized carbons (Fsp3) is 0.263. The van der Waals surface area contributed by atoms with Crippen LogP contribution in [0.15, 0.2) is 36.5 Å². The van der Waals surface area contributed by atoms with E-state index in [0.29, 0.717) is 10.6 Å². The van der Waals surface area contributed by atoms with Gasteiger partial charge in [0.2, 0.25) is 0 Å². The van der Waals surface area contributed by atoms with E-state index in [0.717, 1.165) is 29.7 Å². The number of aromatic nitrogens is 2. The first kappa shape index (κ1) is 16.1. The average Bonchev–Trinajstić information content (AvgIpc) is 3.19. The summed E-state index contributed by atoms with van der Waals surface area (Å²) >= 11 is 6.20. The summed E-state index contributed by atoms with van der Waals surface area (Å²) in [6.45, 7) is 5.81. The van der Waals surface area contributed by atoms with Crippen LogP contribution >= 0.6 is 11.6 Å². The van der Waals surface area contributed by atoms with E-state index in [1.54, 1.807) is 12.1 Å². The molecule has 1 aromatic heterocycles. The molecule has 1 aliphatic rings. The van der Waals surface area contributed by atoms with Crippen LogP contribution in [0, 0.1) is 0 Å². The number of hydrogen-bond acceptors (Lipinski definition) is 3. The molecule has 3 aromatic rings. The number of carbonyl (C=O) groups is 1. The van der Waals surface area contributed by atoms with Gasteiger partial charge in [-0.1, -0.05) is 17.7 Å². The normalized spacial score (nSPS) is 13.4. The molecule has 0 atom stereocenters. The molecule has 5 nitrogen and oxygen atoms in total. The molecule has 6 heteroatoms. The second-order valence-corrected chi connectivity index (χ2v) is 7.07. The molecule has 2 heterocycles. The molecule has 0 bridgehead atoms. The highest BCUT2D eigenvalue weighted by atomic mass is 35.5. The second-order valence-electron chi connectivity index (χ2n) is 6.63. The van der Waals surface area contributed by atoms with Gasteiger partial charge in [0.25, 0.3) is 5.91 Å². The van der Waals surface area contributed by atoms with Crippen molar-refractivity contribution in [1.82, 2.24) is 15.1 Å². The molecule has 1 aliphatic heterocycles. The van der Waals surface area contributed by atoms with Gasteiger partial charge in [0.15, 0.2) is 0 Å². The van der Waals surface area contributed by atoms with E-state index >= 15 is 0 Å². The fourth-order valence-corrected chi connectivity index (χ4v) is 3.34. The Balaban J connectivity index is 1.69. The summed E-state index contributed by atoms with van der Waals surface area (Å²) in [5.74, 6) is -0.179. The Morgan fingerprint density at radius 3 is 2.84 bits per heavy atom. The van der Waals surface area contributed by atoms with Crippen molar-refractivity contribution in [2.24, 2.45) is 0 Å². The summed E-state index contributed by atoms with van der Waals surface area (Å²) in [6, 6.07) is 9.70. The number of anilines is 1. The molecule has 25 heavy (non-hydrogen) atoms. The maximum Gasteiger partial charge on any atom is 0.256 e. The number of halogens is 1. The lowest BCUT2D eigenvalue weighted by Gasteiger charge is -2.08. The third-order valence-corrected chi connectivity index (χ3v) is 4.69. The molecular formula is C19H19ClN4O. The molecule has 0 saturated heterocycles. The van der Waals surface area contributed by atoms with E-state index in [2.05, 4.69) is 21.8 Å². The standard InChI is InChI=1S/C19H19ClN4O/c1-11(2)24-10-17-16(6-14(20)7-18(17)23-24)19(25)22-15-4-3-12-8-21-9-13(12)5-15/h3-7,10-11,21H,8-9H2,1-2H3,(H,22,25). The zero-order valence-electron chi connectivity index (χ0n) is 14.1. The quantitative estimate of drug-likeness (QED) is 0.743. The number of nitrogens with one attached hydrogen (secondary N) is 2. The maximum atomic E-state index is 12.8. The van der Waals surface area contributed by atoms with E-state index in [-0.39, 0.29) is 11.9 Å². The van der Waals surface area contributed by atoms with Crippen molar-refractivity contribution in [1.29, 1.82) is 0 Å². The van der Waals surface area contributed by atoms with E-state index in [1.165, 1.54) is 11.1 Å². The number of hydrogen-bond donors (Lipinski definition) is 2. The van der Waals surface area contributed by atoms with Crippen molar-refractivity contribution in [2.75, 3.05) is 5.32 Å². The molecule has 2 aromatic carbocycles. The molecule has 128 valence electrons. The topological polar surface area (TPSA) is 59.0 Å². The first-order chi connectivity index (χ1) is 12.0. The molecule has 0 fully saturated rings. The van der Waals surface area contributed by atoms with Crippen molar-refractivity contribution in [3.8, 4) is 0 Å². The highest BCUT2D eigenvalue weighted by molar-refractivity contribution is 6.32. The van der Waals surface area contributed by atoms with Crippen LogP contribution in [-0.2, 0) is 13.1 Å². The van der Waals surface area contributed by atoms with Gasteiger partial charge >= 0.3 is 0 Å². The van der Waals surface area contributed by atoms with E-state index in [9.17, 15) is 4.79 Å². The van der Waals surface area contributed by atoms with Crippen LogP contribution in [0.5, 0.6) is 0 Å². The van der Waals surface area contributed by atoms with Gasteiger partial charge in [-0.3, -0.25) is 9.48 Å². The molecule has 4 rings (SSSR count). The van der Waals surface area contributed by atoms with Gasteiger partial charge in [0.05, 0.1) is 11.1 Å². The molecule has 0 aliphatic carbocycles. The average molecular weight is 355 g/mol. The first-order valence-electron chi connectivity index (χ1n) is 8.33. The molecule has 2 N–H and O–H groups in total. The monoisotopic (exact) mass is 354 g/mol. The lowest BCUT2D eigenvalue weighted by molar-refractivity contribution is 0.102. The Morgan fingerprint density at radius 2 is 2.04 bits per heavy atom. The molecule has 0 spiro atoms. The molecule has 1 amide bonds. The number of amides is 1. The summed E-state index contributed by atoms with van der Waals surface area (Å²) in [5.41, 5.74) is 4.55. The van der Waals surface area contributed by atoms with Crippen LogP contribution < -0.4 is 10.6 Å². The highest BCUT2D eigenvalue weighted by Gasteiger charge is 2.17. The zero-order chi connectivity index (χ0) is 17.6. The van der Waals surface area contributed by atoms with Gasteiger partial charge < -0.3 is 10.6 Å². The zero-order valence-corrected chi connectivity index (χ0v) is 14.9. The molecular weight excluding hydrogens is 336 g/mol. The Morgan fingerprint density at radius 1 is 1.24 bits per heavy atom. The predicted octanol–water partition coefficient (Wildman–Crippen LogP) is 4.13. The Kier molecular flexibility index (Phi) is 3.98. The van der Waals surface area contributed by atoms with Crippen molar-refractivity contribution >= 4 is 34.1 Å². The summed E-state index contributed by atoms with van der Waals surface area (Å²) in [5, 5.41) is 12.1. The number of fused-ring (bicyclic) bond motifs is 2. The number of rotatable bonds is 3. The van der Waals surface area contributed by atoms with Gasteiger partial charge in [-0.2, -0.15) is 5.10 Å². The Labute approximate surface area is 151 Å². The van der Waals surface area contributed by atoms with Gasteiger partial charge in [0, 0.05) is 41.4 Å². The number of benzene rings is 2. The lowest BCUT2D eigenvalue weighted by Crippen LogP contribution is -2.12. The van der Waals surface area contributed by atoms with Gasteiger partial charge in [-0.15, -0.1) is 0 Å². The van der Waals surface area contributed by atoms with E-state index in [4.69, 9.17) is 11.6 Å². The third kappa shape index (κ3) is 3.01. The van der Waals surface area contributed by atoms with Crippen LogP contribution in [0.25, 0.3) is 10.9 Å². The van der Waals surface area contributed by atoms with Gasteiger partial charge in [-0.05, 0) is 49.2 Å². The summed E-state index contributed by atoms with van der Waals surface area (Å²) in [6.07, 6.45) is 1.90. The van der Waals surface area contributed by atoms with Gasteiger partial charge in [-0.25, -0.2) is 0 Å². The van der Waals surface area contributed by atoms with Gasteiger partial charge in [0.1, 0.15) is 0 Å². The maximum absolute atomic E-state index is 12.8. The Bertz CT molecular complexity index is 977. The number of carbonyl (C=O) groups excluding carboxylic acids is 1. The lowest BCUT2D eigenvalue weighted by atomic mass is 10.1. The Hall–Kier alpha value is -2.37. The van der Waals surface area contributed by atoms with Crippen molar-refractivity contribution in [3.63, 3.8) is 0 Å². The van der Waals surface area contributed by atoms with Crippen molar-refractivity contribution < 1.29 is 4.79 Å². The first-order valence-corrected chi connectivity index (χ1v) is 8.71. The molecule has 0 radical (unpaired) electrons. The van der Waals surface area contributed by atoms with Crippen LogP contribution in [0.1, 0.15) is 41.4 Å². The SMILES string of the molecule is CC(C)n1cc2c(C(=O)Nc3ccc4c(c3)CNC4)cc(Cl)cc2n1. The van der Waals surface area contributed by atoms with Crippen LogP contribution in [0.2, 0.25) is 5.02 Å². The molecule has 0 saturated carbocycles. The minimum Gasteiger partial charge on any atom is -0.322 e. The second kappa shape index (κ2) is 6.17. The smallest absolute Gasteiger partial charge is 0.256 e. The van der Waals surface area contributed by atoms with E-state index < -0.39 is 0 Å². The largest absolute Gasteiger partial charge is 0.322 e. The van der Waals surface area contributed by atoms with Crippen molar-refractivity contribution in [2.45, 2.75) is 33.0 Å². The molecule has 0 unspecified atom stereocenters. The van der Waals surface area contributed by atoms with E-state index in [1.807, 2.05) is 36.9 Å². The predicted molar refractivity (Wildman–Crippen MR) is 100 cm³/mol.